The van der Waals surface area contributed by atoms with Gasteiger partial charge in [-0.15, -0.1) is 0 Å². The van der Waals surface area contributed by atoms with Crippen molar-refractivity contribution in [3.05, 3.63) is 59.1 Å². The van der Waals surface area contributed by atoms with Crippen LogP contribution in [0.2, 0.25) is 5.02 Å². The molecule has 1 aliphatic rings. The Kier molecular flexibility index (Phi) is 6.28. The molecule has 29 heavy (non-hydrogen) atoms. The molecule has 3 rings (SSSR count). The number of rotatable bonds is 5. The molecule has 10 heteroatoms. The van der Waals surface area contributed by atoms with Crippen molar-refractivity contribution in [3.63, 3.8) is 0 Å². The molecule has 0 spiro atoms. The normalized spacial score (nSPS) is 14.8. The molecule has 0 unspecified atom stereocenters. The summed E-state index contributed by atoms with van der Waals surface area (Å²) in [6, 6.07) is 10.1. The van der Waals surface area contributed by atoms with Gasteiger partial charge in [0.2, 0.25) is 15.9 Å². The zero-order chi connectivity index (χ0) is 21.2. The minimum Gasteiger partial charge on any atom is -0.368 e. The maximum atomic E-state index is 13.5. The Morgan fingerprint density at radius 2 is 1.76 bits per heavy atom. The molecule has 0 bridgehead atoms. The van der Waals surface area contributed by atoms with Gasteiger partial charge in [0.25, 0.3) is 0 Å². The Labute approximate surface area is 173 Å². The predicted octanol–water partition coefficient (Wildman–Crippen LogP) is 2.73. The van der Waals surface area contributed by atoms with Crippen molar-refractivity contribution >= 4 is 38.9 Å². The molecule has 2 aromatic rings. The van der Waals surface area contributed by atoms with E-state index in [0.717, 1.165) is 34.4 Å². The zero-order valence-electron chi connectivity index (χ0n) is 15.7. The lowest BCUT2D eigenvalue weighted by molar-refractivity contribution is -0.129. The molecule has 156 valence electrons. The van der Waals surface area contributed by atoms with Crippen LogP contribution in [0.3, 0.4) is 0 Å². The van der Waals surface area contributed by atoms with E-state index >= 15 is 0 Å². The Morgan fingerprint density at radius 3 is 2.34 bits per heavy atom. The SMILES string of the molecule is CS(=O)(=O)N(CC(=O)N1CCN(c2cccc(Cl)c2)CC1)c1ccc(F)c(F)c1. The van der Waals surface area contributed by atoms with Crippen molar-refractivity contribution in [2.24, 2.45) is 0 Å². The molecule has 1 fully saturated rings. The molecule has 1 amide bonds. The van der Waals surface area contributed by atoms with Crippen LogP contribution in [-0.4, -0.2) is 58.2 Å². The summed E-state index contributed by atoms with van der Waals surface area (Å²) in [5.41, 5.74) is 0.849. The third-order valence-electron chi connectivity index (χ3n) is 4.68. The maximum Gasteiger partial charge on any atom is 0.243 e. The van der Waals surface area contributed by atoms with Crippen LogP contribution in [0.1, 0.15) is 0 Å². The molecule has 2 aromatic carbocycles. The van der Waals surface area contributed by atoms with Crippen LogP contribution in [0, 0.1) is 11.6 Å². The first-order chi connectivity index (χ1) is 13.6. The van der Waals surface area contributed by atoms with Gasteiger partial charge in [0.1, 0.15) is 6.54 Å². The summed E-state index contributed by atoms with van der Waals surface area (Å²) in [6.45, 7) is 1.45. The van der Waals surface area contributed by atoms with Crippen molar-refractivity contribution in [3.8, 4) is 0 Å². The molecular weight excluding hydrogens is 424 g/mol. The van der Waals surface area contributed by atoms with Gasteiger partial charge in [0.15, 0.2) is 11.6 Å². The van der Waals surface area contributed by atoms with Gasteiger partial charge in [0, 0.05) is 43.0 Å². The second-order valence-corrected chi connectivity index (χ2v) is 9.06. The average molecular weight is 444 g/mol. The maximum absolute atomic E-state index is 13.5. The molecule has 1 heterocycles. The van der Waals surface area contributed by atoms with Crippen LogP contribution in [0.5, 0.6) is 0 Å². The van der Waals surface area contributed by atoms with Crippen molar-refractivity contribution in [1.82, 2.24) is 4.90 Å². The lowest BCUT2D eigenvalue weighted by Crippen LogP contribution is -2.52. The average Bonchev–Trinajstić information content (AvgIpc) is 2.67. The number of benzene rings is 2. The van der Waals surface area contributed by atoms with E-state index in [9.17, 15) is 22.0 Å². The smallest absolute Gasteiger partial charge is 0.243 e. The lowest BCUT2D eigenvalue weighted by atomic mass is 10.2. The van der Waals surface area contributed by atoms with E-state index < -0.39 is 34.1 Å². The van der Waals surface area contributed by atoms with Gasteiger partial charge in [-0.2, -0.15) is 0 Å². The predicted molar refractivity (Wildman–Crippen MR) is 109 cm³/mol. The van der Waals surface area contributed by atoms with Gasteiger partial charge in [-0.25, -0.2) is 17.2 Å². The fraction of sp³-hybridized carbons (Fsp3) is 0.316. The number of nitrogens with zero attached hydrogens (tertiary/aromatic N) is 3. The third-order valence-corrected chi connectivity index (χ3v) is 6.05. The first-order valence-corrected chi connectivity index (χ1v) is 11.1. The van der Waals surface area contributed by atoms with E-state index in [1.807, 2.05) is 18.2 Å². The summed E-state index contributed by atoms with van der Waals surface area (Å²) in [5, 5.41) is 0.622. The van der Waals surface area contributed by atoms with E-state index in [1.54, 1.807) is 11.0 Å². The van der Waals surface area contributed by atoms with Crippen LogP contribution in [0.4, 0.5) is 20.2 Å². The molecule has 0 atom stereocenters. The summed E-state index contributed by atoms with van der Waals surface area (Å²) in [7, 11) is -3.87. The Hall–Kier alpha value is -2.39. The van der Waals surface area contributed by atoms with Crippen LogP contribution in [0.15, 0.2) is 42.5 Å². The quantitative estimate of drug-likeness (QED) is 0.713. The summed E-state index contributed by atoms with van der Waals surface area (Å²) >= 11 is 6.02. The molecular formula is C19H20ClF2N3O3S. The second kappa shape index (κ2) is 8.54. The number of carbonyl (C=O) groups excluding carboxylic acids is 1. The molecule has 1 aliphatic heterocycles. The highest BCUT2D eigenvalue weighted by molar-refractivity contribution is 7.92. The van der Waals surface area contributed by atoms with E-state index in [1.165, 1.54) is 0 Å². The summed E-state index contributed by atoms with van der Waals surface area (Å²) < 4.78 is 51.8. The Bertz CT molecular complexity index is 1010. The number of halogens is 3. The lowest BCUT2D eigenvalue weighted by Gasteiger charge is -2.37. The van der Waals surface area contributed by atoms with E-state index in [0.29, 0.717) is 31.2 Å². The van der Waals surface area contributed by atoms with Gasteiger partial charge in [-0.1, -0.05) is 17.7 Å². The van der Waals surface area contributed by atoms with Crippen LogP contribution < -0.4 is 9.21 Å². The van der Waals surface area contributed by atoms with Crippen LogP contribution >= 0.6 is 11.6 Å². The van der Waals surface area contributed by atoms with Crippen molar-refractivity contribution in [1.29, 1.82) is 0 Å². The first kappa shape index (κ1) is 21.3. The minimum atomic E-state index is -3.87. The number of hydrogen-bond donors (Lipinski definition) is 0. The van der Waals surface area contributed by atoms with Gasteiger partial charge in [-0.05, 0) is 30.3 Å². The fourth-order valence-corrected chi connectivity index (χ4v) is 4.18. The molecule has 0 aliphatic carbocycles. The van der Waals surface area contributed by atoms with Crippen LogP contribution in [-0.2, 0) is 14.8 Å². The molecule has 0 radical (unpaired) electrons. The Balaban J connectivity index is 1.68. The zero-order valence-corrected chi connectivity index (χ0v) is 17.3. The fourth-order valence-electron chi connectivity index (χ4n) is 3.15. The van der Waals surface area contributed by atoms with Crippen LogP contribution in [0.25, 0.3) is 0 Å². The minimum absolute atomic E-state index is 0.0997. The van der Waals surface area contributed by atoms with Gasteiger partial charge in [0.05, 0.1) is 11.9 Å². The van der Waals surface area contributed by atoms with E-state index in [2.05, 4.69) is 4.90 Å². The van der Waals surface area contributed by atoms with Crippen molar-refractivity contribution in [2.75, 3.05) is 48.2 Å². The number of anilines is 2. The van der Waals surface area contributed by atoms with Crippen molar-refractivity contribution < 1.29 is 22.0 Å². The van der Waals surface area contributed by atoms with Gasteiger partial charge in [-0.3, -0.25) is 9.10 Å². The number of carbonyl (C=O) groups is 1. The van der Waals surface area contributed by atoms with Crippen molar-refractivity contribution in [2.45, 2.75) is 0 Å². The molecule has 0 aromatic heterocycles. The highest BCUT2D eigenvalue weighted by atomic mass is 35.5. The summed E-state index contributed by atoms with van der Waals surface area (Å²) in [5.74, 6) is -2.68. The molecule has 6 nitrogen and oxygen atoms in total. The Morgan fingerprint density at radius 1 is 1.07 bits per heavy atom. The van der Waals surface area contributed by atoms with E-state index in [4.69, 9.17) is 11.6 Å². The number of sulfonamides is 1. The molecule has 0 N–H and O–H groups in total. The molecule has 1 saturated heterocycles. The first-order valence-electron chi connectivity index (χ1n) is 8.86. The summed E-state index contributed by atoms with van der Waals surface area (Å²) in [6.07, 6.45) is 0.915. The molecule has 0 saturated carbocycles. The standard InChI is InChI=1S/C19H20ClF2N3O3S/c1-29(27,28)25(16-5-6-17(21)18(22)12-16)13-19(26)24-9-7-23(8-10-24)15-4-2-3-14(20)11-15/h2-6,11-12H,7-10,13H2,1H3. The monoisotopic (exact) mass is 443 g/mol. The van der Waals surface area contributed by atoms with Gasteiger partial charge < -0.3 is 9.80 Å². The van der Waals surface area contributed by atoms with Gasteiger partial charge >= 0.3 is 0 Å². The topological polar surface area (TPSA) is 60.9 Å². The number of piperazine rings is 1. The van der Waals surface area contributed by atoms with E-state index in [-0.39, 0.29) is 5.69 Å². The number of amides is 1. The highest BCUT2D eigenvalue weighted by Gasteiger charge is 2.27. The third kappa shape index (κ3) is 5.16. The summed E-state index contributed by atoms with van der Waals surface area (Å²) in [4.78, 5) is 16.3. The number of hydrogen-bond acceptors (Lipinski definition) is 4. The highest BCUT2D eigenvalue weighted by Crippen LogP contribution is 2.23. The largest absolute Gasteiger partial charge is 0.368 e. The second-order valence-electron chi connectivity index (χ2n) is 6.72.